The smallest absolute Gasteiger partial charge is 0.0587 e. The molecule has 117 valence electrons. The Morgan fingerprint density at radius 1 is 0.750 bits per heavy atom. The summed E-state index contributed by atoms with van der Waals surface area (Å²) in [5, 5.41) is 14.6. The van der Waals surface area contributed by atoms with Crippen LogP contribution in [0, 0.1) is 32.9 Å². The molecule has 0 fully saturated rings. The Balaban J connectivity index is -0.0000000935. The Labute approximate surface area is 135 Å². The number of rotatable bonds is 0. The van der Waals surface area contributed by atoms with Crippen LogP contribution < -0.4 is 18.6 Å². The molecule has 0 saturated carbocycles. The van der Waals surface area contributed by atoms with Crippen molar-refractivity contribution in [3.05, 3.63) is 24.3 Å². The van der Waals surface area contributed by atoms with E-state index in [0.717, 1.165) is 0 Å². The van der Waals surface area contributed by atoms with E-state index in [1.54, 1.807) is 12.1 Å². The van der Waals surface area contributed by atoms with Crippen LogP contribution in [0.3, 0.4) is 0 Å². The van der Waals surface area contributed by atoms with Crippen LogP contribution in [0.15, 0.2) is 24.3 Å². The van der Waals surface area contributed by atoms with Crippen molar-refractivity contribution >= 4 is 0 Å². The molecule has 0 saturated heterocycles. The molecule has 0 heterocycles. The molecule has 0 unspecified atom stereocenters. The van der Waals surface area contributed by atoms with Gasteiger partial charge in [0.15, 0.2) is 0 Å². The molecule has 0 atom stereocenters. The number of hydrogen-bond donors (Lipinski definition) is 0. The van der Waals surface area contributed by atoms with Gasteiger partial charge in [-0.15, -0.1) is 10.2 Å². The SMILES string of the molecule is C1=CCCC=CCC1.CC#N.CC#N.[O-][Cl+3]([O-])([O-])[O-].[Rh]. The van der Waals surface area contributed by atoms with Gasteiger partial charge in [0.25, 0.3) is 0 Å². The van der Waals surface area contributed by atoms with Gasteiger partial charge < -0.3 is 0 Å². The first-order valence-corrected chi connectivity index (χ1v) is 6.60. The first-order valence-electron chi connectivity index (χ1n) is 5.36. The zero-order chi connectivity index (χ0) is 15.6. The minimum absolute atomic E-state index is 0. The van der Waals surface area contributed by atoms with Crippen LogP contribution in [0.1, 0.15) is 39.5 Å². The molecule has 1 rings (SSSR count). The molecular formula is C12H18ClN2O4Rh-. The monoisotopic (exact) mass is 392 g/mol. The fraction of sp³-hybridized carbons (Fsp3) is 0.500. The van der Waals surface area contributed by atoms with Crippen molar-refractivity contribution in [1.82, 2.24) is 0 Å². The van der Waals surface area contributed by atoms with Crippen LogP contribution in [-0.2, 0) is 19.5 Å². The zero-order valence-corrected chi connectivity index (χ0v) is 13.8. The van der Waals surface area contributed by atoms with Gasteiger partial charge in [0.05, 0.1) is 12.1 Å². The Kier molecular flexibility index (Phi) is 32.1. The van der Waals surface area contributed by atoms with Gasteiger partial charge in [-0.1, -0.05) is 24.3 Å². The molecule has 0 aromatic heterocycles. The average Bonchev–Trinajstić information content (AvgIpc) is 2.15. The van der Waals surface area contributed by atoms with E-state index in [4.69, 9.17) is 29.2 Å². The van der Waals surface area contributed by atoms with E-state index in [9.17, 15) is 0 Å². The second-order valence-corrected chi connectivity index (χ2v) is 3.68. The molecule has 8 heteroatoms. The van der Waals surface area contributed by atoms with Crippen LogP contribution in [0.4, 0.5) is 0 Å². The van der Waals surface area contributed by atoms with Crippen molar-refractivity contribution in [3.63, 3.8) is 0 Å². The summed E-state index contributed by atoms with van der Waals surface area (Å²) in [6.07, 6.45) is 14.0. The summed E-state index contributed by atoms with van der Waals surface area (Å²) in [5.74, 6) is 0. The summed E-state index contributed by atoms with van der Waals surface area (Å²) >= 11 is 0. The van der Waals surface area contributed by atoms with Crippen LogP contribution in [0.5, 0.6) is 0 Å². The van der Waals surface area contributed by atoms with Gasteiger partial charge >= 0.3 is 0 Å². The number of nitrogens with zero attached hydrogens (tertiary/aromatic N) is 2. The van der Waals surface area contributed by atoms with Gasteiger partial charge in [-0.25, -0.2) is 18.6 Å². The van der Waals surface area contributed by atoms with Crippen LogP contribution in [0.25, 0.3) is 0 Å². The minimum Gasteiger partial charge on any atom is -0.222 e. The predicted octanol–water partition coefficient (Wildman–Crippen LogP) is -1.03. The second kappa shape index (κ2) is 23.3. The van der Waals surface area contributed by atoms with E-state index in [2.05, 4.69) is 24.3 Å². The summed E-state index contributed by atoms with van der Waals surface area (Å²) < 4.78 is 34.0. The number of hydrogen-bond acceptors (Lipinski definition) is 6. The summed E-state index contributed by atoms with van der Waals surface area (Å²) in [6.45, 7) is 2.86. The minimum atomic E-state index is -4.94. The van der Waals surface area contributed by atoms with Crippen molar-refractivity contribution in [3.8, 4) is 12.1 Å². The Morgan fingerprint density at radius 2 is 0.850 bits per heavy atom. The third-order valence-electron chi connectivity index (χ3n) is 1.33. The van der Waals surface area contributed by atoms with Crippen molar-refractivity contribution in [1.29, 1.82) is 10.5 Å². The molecule has 0 aromatic rings. The molecule has 0 aliphatic heterocycles. The van der Waals surface area contributed by atoms with E-state index in [1.807, 2.05) is 0 Å². The Bertz CT molecular complexity index is 273. The second-order valence-electron chi connectivity index (χ2n) is 2.92. The van der Waals surface area contributed by atoms with E-state index < -0.39 is 10.2 Å². The zero-order valence-electron chi connectivity index (χ0n) is 11.4. The maximum atomic E-state index is 8.49. The predicted molar refractivity (Wildman–Crippen MR) is 59.3 cm³/mol. The molecule has 1 radical (unpaired) electrons. The summed E-state index contributed by atoms with van der Waals surface area (Å²) in [6, 6.07) is 3.50. The summed E-state index contributed by atoms with van der Waals surface area (Å²) in [4.78, 5) is 0. The molecular weight excluding hydrogens is 375 g/mol. The molecule has 6 nitrogen and oxygen atoms in total. The first kappa shape index (κ1) is 27.5. The maximum absolute atomic E-state index is 8.49. The molecule has 0 spiro atoms. The number of halogens is 1. The largest absolute Gasteiger partial charge is 0.222 e. The van der Waals surface area contributed by atoms with Gasteiger partial charge in [0, 0.05) is 33.3 Å². The van der Waals surface area contributed by atoms with Crippen molar-refractivity contribution in [2.75, 3.05) is 0 Å². The van der Waals surface area contributed by atoms with E-state index in [1.165, 1.54) is 39.5 Å². The molecule has 0 amide bonds. The van der Waals surface area contributed by atoms with Crippen LogP contribution in [0.2, 0.25) is 0 Å². The summed E-state index contributed by atoms with van der Waals surface area (Å²) in [5.41, 5.74) is 0. The van der Waals surface area contributed by atoms with E-state index in [0.29, 0.717) is 0 Å². The van der Waals surface area contributed by atoms with Crippen LogP contribution in [-0.4, -0.2) is 0 Å². The first-order chi connectivity index (χ1) is 8.83. The molecule has 0 aromatic carbocycles. The third-order valence-corrected chi connectivity index (χ3v) is 1.33. The molecule has 20 heavy (non-hydrogen) atoms. The molecule has 0 N–H and O–H groups in total. The van der Waals surface area contributed by atoms with Crippen molar-refractivity contribution in [2.24, 2.45) is 0 Å². The van der Waals surface area contributed by atoms with Gasteiger partial charge in [-0.05, 0) is 25.7 Å². The van der Waals surface area contributed by atoms with E-state index >= 15 is 0 Å². The van der Waals surface area contributed by atoms with Gasteiger partial charge in [-0.2, -0.15) is 10.5 Å². The van der Waals surface area contributed by atoms with Crippen molar-refractivity contribution < 1.29 is 48.4 Å². The number of allylic oxidation sites excluding steroid dienone is 4. The number of nitriles is 2. The third kappa shape index (κ3) is 87.0. The normalized spacial score (nSPS) is 11.8. The average molecular weight is 393 g/mol. The van der Waals surface area contributed by atoms with Crippen LogP contribution >= 0.6 is 0 Å². The topological polar surface area (TPSA) is 140 Å². The van der Waals surface area contributed by atoms with Crippen molar-refractivity contribution in [2.45, 2.75) is 39.5 Å². The van der Waals surface area contributed by atoms with E-state index in [-0.39, 0.29) is 19.5 Å². The fourth-order valence-corrected chi connectivity index (χ4v) is 0.856. The molecule has 0 bridgehead atoms. The van der Waals surface area contributed by atoms with Gasteiger partial charge in [0.2, 0.25) is 0 Å². The fourth-order valence-electron chi connectivity index (χ4n) is 0.856. The molecule has 1 aliphatic carbocycles. The summed E-state index contributed by atoms with van der Waals surface area (Å²) in [7, 11) is -4.94. The quantitative estimate of drug-likeness (QED) is 0.381. The van der Waals surface area contributed by atoms with Gasteiger partial charge in [0.1, 0.15) is 0 Å². The Hall–Kier alpha value is -0.787. The molecule has 1 aliphatic rings. The van der Waals surface area contributed by atoms with Gasteiger partial charge in [-0.3, -0.25) is 0 Å². The standard InChI is InChI=1S/C8H12.2C2H3N.ClHO4.Rh/c1-2-4-6-8-7-5-3-1;2*1-2-3;2-1(3,4)5;/h1-2,7-8H,3-6H2;2*1H3;(H,2,3,4,5);/p-1. The Morgan fingerprint density at radius 3 is 0.950 bits per heavy atom. The maximum Gasteiger partial charge on any atom is 0.0587 e.